The van der Waals surface area contributed by atoms with E-state index in [9.17, 15) is 18.0 Å². The average Bonchev–Trinajstić information content (AvgIpc) is 2.67. The standard InChI is InChI=1S/C18H17ClN2O4S/c1-12-10-18(23)21(15-4-2-3-5-16(15)26(12,24)25)11-17(22)20-14-8-6-13(19)7-9-14/h2-9,12H,10-11H2,1H3,(H,20,22). The SMILES string of the molecule is CC1CC(=O)N(CC(=O)Nc2ccc(Cl)cc2)c2ccccc2S1(=O)=O. The highest BCUT2D eigenvalue weighted by atomic mass is 35.5. The van der Waals surface area contributed by atoms with E-state index in [4.69, 9.17) is 11.6 Å². The van der Waals surface area contributed by atoms with Crippen molar-refractivity contribution in [2.24, 2.45) is 0 Å². The Morgan fingerprint density at radius 1 is 1.19 bits per heavy atom. The Balaban J connectivity index is 1.89. The average molecular weight is 393 g/mol. The summed E-state index contributed by atoms with van der Waals surface area (Å²) in [7, 11) is -3.63. The maximum absolute atomic E-state index is 12.6. The Labute approximate surface area is 156 Å². The monoisotopic (exact) mass is 392 g/mol. The van der Waals surface area contributed by atoms with Gasteiger partial charge in [-0.1, -0.05) is 23.7 Å². The number of rotatable bonds is 3. The number of nitrogens with one attached hydrogen (secondary N) is 1. The zero-order valence-corrected chi connectivity index (χ0v) is 15.5. The van der Waals surface area contributed by atoms with Gasteiger partial charge in [-0.05, 0) is 43.3 Å². The number of fused-ring (bicyclic) bond motifs is 1. The molecule has 1 aliphatic heterocycles. The molecule has 8 heteroatoms. The zero-order chi connectivity index (χ0) is 18.9. The topological polar surface area (TPSA) is 83.6 Å². The maximum atomic E-state index is 12.6. The highest BCUT2D eigenvalue weighted by Crippen LogP contribution is 2.33. The van der Waals surface area contributed by atoms with Crippen LogP contribution in [-0.4, -0.2) is 32.0 Å². The minimum atomic E-state index is -3.63. The van der Waals surface area contributed by atoms with Gasteiger partial charge in [0.1, 0.15) is 6.54 Å². The molecule has 0 aliphatic carbocycles. The Bertz CT molecular complexity index is 957. The maximum Gasteiger partial charge on any atom is 0.244 e. The molecule has 0 aromatic heterocycles. The van der Waals surface area contributed by atoms with Crippen LogP contribution < -0.4 is 10.2 Å². The third-order valence-corrected chi connectivity index (χ3v) is 6.62. The first-order chi connectivity index (χ1) is 12.3. The van der Waals surface area contributed by atoms with E-state index in [1.54, 1.807) is 42.5 Å². The molecule has 0 fully saturated rings. The van der Waals surface area contributed by atoms with Crippen LogP contribution in [0.2, 0.25) is 5.02 Å². The van der Waals surface area contributed by atoms with E-state index < -0.39 is 26.9 Å². The van der Waals surface area contributed by atoms with Crippen molar-refractivity contribution in [3.05, 3.63) is 53.6 Å². The van der Waals surface area contributed by atoms with Gasteiger partial charge < -0.3 is 10.2 Å². The summed E-state index contributed by atoms with van der Waals surface area (Å²) >= 11 is 5.82. The van der Waals surface area contributed by atoms with Crippen LogP contribution in [0.3, 0.4) is 0 Å². The van der Waals surface area contributed by atoms with Crippen molar-refractivity contribution in [3.8, 4) is 0 Å². The van der Waals surface area contributed by atoms with E-state index in [1.165, 1.54) is 17.9 Å². The molecule has 0 radical (unpaired) electrons. The van der Waals surface area contributed by atoms with E-state index in [2.05, 4.69) is 5.32 Å². The van der Waals surface area contributed by atoms with E-state index in [1.807, 2.05) is 0 Å². The van der Waals surface area contributed by atoms with Crippen LogP contribution in [0.4, 0.5) is 11.4 Å². The molecule has 6 nitrogen and oxygen atoms in total. The van der Waals surface area contributed by atoms with E-state index in [0.29, 0.717) is 10.7 Å². The zero-order valence-electron chi connectivity index (χ0n) is 14.0. The smallest absolute Gasteiger partial charge is 0.244 e. The van der Waals surface area contributed by atoms with Gasteiger partial charge in [0.05, 0.1) is 15.8 Å². The van der Waals surface area contributed by atoms with E-state index in [0.717, 1.165) is 0 Å². The van der Waals surface area contributed by atoms with Crippen LogP contribution in [-0.2, 0) is 19.4 Å². The largest absolute Gasteiger partial charge is 0.325 e. The number of nitrogens with zero attached hydrogens (tertiary/aromatic N) is 1. The van der Waals surface area contributed by atoms with Gasteiger partial charge in [-0.2, -0.15) is 0 Å². The Hall–Kier alpha value is -2.38. The van der Waals surface area contributed by atoms with Crippen molar-refractivity contribution in [1.82, 2.24) is 0 Å². The molecule has 2 aromatic rings. The fraction of sp³-hybridized carbons (Fsp3) is 0.222. The molecule has 1 unspecified atom stereocenters. The number of amides is 2. The predicted molar refractivity (Wildman–Crippen MR) is 100 cm³/mol. The first-order valence-electron chi connectivity index (χ1n) is 7.98. The lowest BCUT2D eigenvalue weighted by molar-refractivity contribution is -0.121. The summed E-state index contributed by atoms with van der Waals surface area (Å²) in [5, 5.41) is 2.37. The number of carbonyl (C=O) groups is 2. The molecule has 0 spiro atoms. The molecule has 2 aromatic carbocycles. The highest BCUT2D eigenvalue weighted by Gasteiger charge is 2.36. The molecule has 3 rings (SSSR count). The van der Waals surface area contributed by atoms with Gasteiger partial charge in [0.15, 0.2) is 9.84 Å². The van der Waals surface area contributed by atoms with Crippen LogP contribution in [0.5, 0.6) is 0 Å². The second-order valence-electron chi connectivity index (χ2n) is 6.06. The van der Waals surface area contributed by atoms with Gasteiger partial charge in [-0.15, -0.1) is 0 Å². The Morgan fingerprint density at radius 3 is 2.54 bits per heavy atom. The minimum Gasteiger partial charge on any atom is -0.325 e. The first-order valence-corrected chi connectivity index (χ1v) is 9.90. The number of benzene rings is 2. The van der Waals surface area contributed by atoms with Crippen LogP contribution in [0, 0.1) is 0 Å². The third-order valence-electron chi connectivity index (χ3n) is 4.19. The molecule has 26 heavy (non-hydrogen) atoms. The first kappa shape index (κ1) is 18.4. The van der Waals surface area contributed by atoms with Crippen molar-refractivity contribution in [3.63, 3.8) is 0 Å². The van der Waals surface area contributed by atoms with Crippen molar-refractivity contribution in [2.75, 3.05) is 16.8 Å². The molecule has 2 amide bonds. The summed E-state index contributed by atoms with van der Waals surface area (Å²) in [5.41, 5.74) is 0.768. The summed E-state index contributed by atoms with van der Waals surface area (Å²) < 4.78 is 25.3. The predicted octanol–water partition coefficient (Wildman–Crippen LogP) is 2.88. The van der Waals surface area contributed by atoms with Gasteiger partial charge in [-0.25, -0.2) is 8.42 Å². The minimum absolute atomic E-state index is 0.0673. The second kappa shape index (κ2) is 7.09. The number of carbonyl (C=O) groups excluding carboxylic acids is 2. The van der Waals surface area contributed by atoms with Crippen molar-refractivity contribution >= 4 is 44.6 Å². The number of para-hydroxylation sites is 1. The van der Waals surface area contributed by atoms with Gasteiger partial charge >= 0.3 is 0 Å². The Morgan fingerprint density at radius 2 is 1.85 bits per heavy atom. The van der Waals surface area contributed by atoms with Crippen LogP contribution in [0.25, 0.3) is 0 Å². The summed E-state index contributed by atoms with van der Waals surface area (Å²) in [6.07, 6.45) is -0.175. The highest BCUT2D eigenvalue weighted by molar-refractivity contribution is 7.92. The molecule has 1 atom stereocenters. The van der Waals surface area contributed by atoms with Crippen molar-refractivity contribution in [1.29, 1.82) is 0 Å². The van der Waals surface area contributed by atoms with Gasteiger partial charge in [0.2, 0.25) is 11.8 Å². The van der Waals surface area contributed by atoms with E-state index in [-0.39, 0.29) is 23.5 Å². The molecule has 0 bridgehead atoms. The number of halogens is 1. The van der Waals surface area contributed by atoms with Gasteiger partial charge in [0, 0.05) is 17.1 Å². The second-order valence-corrected chi connectivity index (χ2v) is 8.83. The van der Waals surface area contributed by atoms with Crippen molar-refractivity contribution < 1.29 is 18.0 Å². The summed E-state index contributed by atoms with van der Waals surface area (Å²) in [6.45, 7) is 1.22. The number of anilines is 2. The molecule has 0 saturated heterocycles. The van der Waals surface area contributed by atoms with E-state index >= 15 is 0 Å². The lowest BCUT2D eigenvalue weighted by Crippen LogP contribution is -2.38. The van der Waals surface area contributed by atoms with Crippen LogP contribution in [0.15, 0.2) is 53.4 Å². The molecule has 1 aliphatic rings. The molecule has 136 valence electrons. The van der Waals surface area contributed by atoms with Crippen LogP contribution >= 0.6 is 11.6 Å². The Kier molecular flexibility index (Phi) is 5.02. The molecule has 1 N–H and O–H groups in total. The normalized spacial score (nSPS) is 18.8. The summed E-state index contributed by atoms with van der Waals surface area (Å²) in [6, 6.07) is 12.8. The number of sulfone groups is 1. The lowest BCUT2D eigenvalue weighted by Gasteiger charge is -2.21. The van der Waals surface area contributed by atoms with Gasteiger partial charge in [0.25, 0.3) is 0 Å². The fourth-order valence-electron chi connectivity index (χ4n) is 2.79. The fourth-order valence-corrected chi connectivity index (χ4v) is 4.45. The molecule has 1 heterocycles. The molecular formula is C18H17ClN2O4S. The quantitative estimate of drug-likeness (QED) is 0.870. The molecular weight excluding hydrogens is 376 g/mol. The lowest BCUT2D eigenvalue weighted by atomic mass is 10.2. The van der Waals surface area contributed by atoms with Crippen LogP contribution in [0.1, 0.15) is 13.3 Å². The van der Waals surface area contributed by atoms with Crippen molar-refractivity contribution in [2.45, 2.75) is 23.5 Å². The third kappa shape index (κ3) is 3.59. The summed E-state index contributed by atoms with van der Waals surface area (Å²) in [4.78, 5) is 26.3. The number of hydrogen-bond donors (Lipinski definition) is 1. The molecule has 0 saturated carbocycles. The van der Waals surface area contributed by atoms with Gasteiger partial charge in [-0.3, -0.25) is 9.59 Å². The summed E-state index contributed by atoms with van der Waals surface area (Å²) in [5.74, 6) is -0.834. The number of hydrogen-bond acceptors (Lipinski definition) is 4.